The van der Waals surface area contributed by atoms with Crippen molar-refractivity contribution in [3.05, 3.63) is 54.9 Å². The lowest BCUT2D eigenvalue weighted by Crippen LogP contribution is -2.35. The fraction of sp³-hybridized carbons (Fsp3) is 0.471. The van der Waals surface area contributed by atoms with Gasteiger partial charge in [-0.2, -0.15) is 0 Å². The molecule has 0 amide bonds. The van der Waals surface area contributed by atoms with Gasteiger partial charge >= 0.3 is 0 Å². The molecule has 1 aromatic heterocycles. The number of hydrogen-bond acceptors (Lipinski definition) is 3. The smallest absolute Gasteiger partial charge is 0.0544 e. The van der Waals surface area contributed by atoms with E-state index >= 15 is 0 Å². The lowest BCUT2D eigenvalue weighted by molar-refractivity contribution is 0.323. The van der Waals surface area contributed by atoms with Gasteiger partial charge in [-0.3, -0.25) is 9.88 Å². The molecule has 0 spiro atoms. The Hall–Kier alpha value is -1.45. The van der Waals surface area contributed by atoms with Gasteiger partial charge in [-0.15, -0.1) is 13.2 Å². The van der Waals surface area contributed by atoms with Crippen molar-refractivity contribution in [2.24, 2.45) is 0 Å². The normalized spacial score (nSPS) is 11.6. The molecule has 3 heteroatoms. The third-order valence-corrected chi connectivity index (χ3v) is 2.87. The number of aromatic nitrogens is 1. The highest BCUT2D eigenvalue weighted by Gasteiger charge is 2.08. The number of rotatable bonds is 8. The van der Waals surface area contributed by atoms with E-state index < -0.39 is 0 Å². The molecule has 0 aliphatic rings. The molecule has 0 aliphatic carbocycles. The molecule has 0 aliphatic heterocycles. The molecule has 1 rings (SSSR count). The van der Waals surface area contributed by atoms with Crippen molar-refractivity contribution in [1.82, 2.24) is 15.2 Å². The molecule has 20 heavy (non-hydrogen) atoms. The van der Waals surface area contributed by atoms with E-state index in [0.29, 0.717) is 0 Å². The van der Waals surface area contributed by atoms with E-state index in [2.05, 4.69) is 61.3 Å². The monoisotopic (exact) mass is 273 g/mol. The molecule has 0 aromatic carbocycles. The Morgan fingerprint density at radius 3 is 2.30 bits per heavy atom. The molecular weight excluding hydrogens is 246 g/mol. The summed E-state index contributed by atoms with van der Waals surface area (Å²) in [7, 11) is 0. The average Bonchev–Trinajstić information content (AvgIpc) is 2.38. The van der Waals surface area contributed by atoms with E-state index in [1.54, 1.807) is 0 Å². The minimum absolute atomic E-state index is 0.128. The molecule has 1 aromatic rings. The van der Waals surface area contributed by atoms with Crippen molar-refractivity contribution in [2.75, 3.05) is 13.1 Å². The SMILES string of the molecule is C=CCN(CC=C)Cc1ccc(CNC(C)(C)C)cn1. The van der Waals surface area contributed by atoms with Crippen LogP contribution in [0, 0.1) is 0 Å². The second-order valence-corrected chi connectivity index (χ2v) is 6.03. The summed E-state index contributed by atoms with van der Waals surface area (Å²) in [4.78, 5) is 6.78. The average molecular weight is 273 g/mol. The van der Waals surface area contributed by atoms with Gasteiger partial charge < -0.3 is 5.32 Å². The standard InChI is InChI=1S/C17H27N3/c1-6-10-20(11-7-2)14-16-9-8-15(12-18-16)13-19-17(3,4)5/h6-9,12,19H,1-2,10-11,13-14H2,3-5H3. The van der Waals surface area contributed by atoms with Gasteiger partial charge in [0, 0.05) is 37.9 Å². The summed E-state index contributed by atoms with van der Waals surface area (Å²) in [5, 5.41) is 3.46. The molecule has 3 nitrogen and oxygen atoms in total. The summed E-state index contributed by atoms with van der Waals surface area (Å²) < 4.78 is 0. The van der Waals surface area contributed by atoms with Crippen LogP contribution in [0.15, 0.2) is 43.6 Å². The second kappa shape index (κ2) is 7.98. The van der Waals surface area contributed by atoms with E-state index in [4.69, 9.17) is 0 Å². The third-order valence-electron chi connectivity index (χ3n) is 2.87. The Labute approximate surface area is 123 Å². The van der Waals surface area contributed by atoms with Gasteiger partial charge in [0.2, 0.25) is 0 Å². The van der Waals surface area contributed by atoms with Crippen molar-refractivity contribution >= 4 is 0 Å². The molecule has 0 radical (unpaired) electrons. The lowest BCUT2D eigenvalue weighted by Gasteiger charge is -2.21. The maximum absolute atomic E-state index is 4.53. The fourth-order valence-electron chi connectivity index (χ4n) is 1.82. The summed E-state index contributed by atoms with van der Waals surface area (Å²) in [6, 6.07) is 4.24. The predicted octanol–water partition coefficient (Wildman–Crippen LogP) is 3.14. The molecule has 0 bridgehead atoms. The van der Waals surface area contributed by atoms with Crippen LogP contribution in [0.1, 0.15) is 32.0 Å². The zero-order valence-corrected chi connectivity index (χ0v) is 13.0. The highest BCUT2D eigenvalue weighted by atomic mass is 15.1. The van der Waals surface area contributed by atoms with E-state index in [0.717, 1.165) is 31.9 Å². The van der Waals surface area contributed by atoms with E-state index in [9.17, 15) is 0 Å². The van der Waals surface area contributed by atoms with Crippen molar-refractivity contribution in [1.29, 1.82) is 0 Å². The van der Waals surface area contributed by atoms with Crippen LogP contribution in [0.5, 0.6) is 0 Å². The minimum atomic E-state index is 0.128. The van der Waals surface area contributed by atoms with Crippen LogP contribution in [-0.2, 0) is 13.1 Å². The molecule has 110 valence electrons. The van der Waals surface area contributed by atoms with E-state index in [1.807, 2.05) is 18.3 Å². The quantitative estimate of drug-likeness (QED) is 0.738. The third kappa shape index (κ3) is 6.64. The second-order valence-electron chi connectivity index (χ2n) is 6.03. The number of nitrogens with one attached hydrogen (secondary N) is 1. The van der Waals surface area contributed by atoms with Gasteiger partial charge in [-0.25, -0.2) is 0 Å². The Morgan fingerprint density at radius 2 is 1.85 bits per heavy atom. The van der Waals surface area contributed by atoms with Gasteiger partial charge in [0.1, 0.15) is 0 Å². The Kier molecular flexibility index (Phi) is 6.62. The molecule has 1 N–H and O–H groups in total. The van der Waals surface area contributed by atoms with Gasteiger partial charge in [0.15, 0.2) is 0 Å². The first kappa shape index (κ1) is 16.6. The first-order valence-corrected chi connectivity index (χ1v) is 7.07. The van der Waals surface area contributed by atoms with Crippen molar-refractivity contribution in [3.63, 3.8) is 0 Å². The van der Waals surface area contributed by atoms with Crippen molar-refractivity contribution in [2.45, 2.75) is 39.4 Å². The van der Waals surface area contributed by atoms with Crippen LogP contribution < -0.4 is 5.32 Å². The number of nitrogens with zero attached hydrogens (tertiary/aromatic N) is 2. The summed E-state index contributed by atoms with van der Waals surface area (Å²) >= 11 is 0. The van der Waals surface area contributed by atoms with Crippen molar-refractivity contribution < 1.29 is 0 Å². The van der Waals surface area contributed by atoms with Crippen LogP contribution in [0.25, 0.3) is 0 Å². The van der Waals surface area contributed by atoms with Crippen LogP contribution >= 0.6 is 0 Å². The summed E-state index contributed by atoms with van der Waals surface area (Å²) in [6.45, 7) is 17.4. The molecular formula is C17H27N3. The largest absolute Gasteiger partial charge is 0.308 e. The maximum atomic E-state index is 4.53. The highest BCUT2D eigenvalue weighted by molar-refractivity contribution is 5.14. The Bertz CT molecular complexity index is 405. The summed E-state index contributed by atoms with van der Waals surface area (Å²) in [6.07, 6.45) is 5.77. The number of pyridine rings is 1. The fourth-order valence-corrected chi connectivity index (χ4v) is 1.82. The molecule has 0 atom stereocenters. The van der Waals surface area contributed by atoms with Gasteiger partial charge in [0.25, 0.3) is 0 Å². The number of hydrogen-bond donors (Lipinski definition) is 1. The topological polar surface area (TPSA) is 28.2 Å². The van der Waals surface area contributed by atoms with Crippen LogP contribution in [0.3, 0.4) is 0 Å². The summed E-state index contributed by atoms with van der Waals surface area (Å²) in [5.74, 6) is 0. The zero-order valence-electron chi connectivity index (χ0n) is 13.0. The van der Waals surface area contributed by atoms with E-state index in [1.165, 1.54) is 5.56 Å². The first-order valence-electron chi connectivity index (χ1n) is 7.07. The van der Waals surface area contributed by atoms with Crippen LogP contribution in [-0.4, -0.2) is 28.5 Å². The molecule has 0 saturated heterocycles. The summed E-state index contributed by atoms with van der Waals surface area (Å²) in [5.41, 5.74) is 2.42. The molecule has 0 fully saturated rings. The Balaban J connectivity index is 2.56. The van der Waals surface area contributed by atoms with Crippen molar-refractivity contribution in [3.8, 4) is 0 Å². The van der Waals surface area contributed by atoms with Gasteiger partial charge in [0.05, 0.1) is 5.69 Å². The molecule has 1 heterocycles. The lowest BCUT2D eigenvalue weighted by atomic mass is 10.1. The maximum Gasteiger partial charge on any atom is 0.0544 e. The molecule has 0 saturated carbocycles. The van der Waals surface area contributed by atoms with Crippen LogP contribution in [0.4, 0.5) is 0 Å². The van der Waals surface area contributed by atoms with Crippen LogP contribution in [0.2, 0.25) is 0 Å². The van der Waals surface area contributed by atoms with Gasteiger partial charge in [-0.1, -0.05) is 18.2 Å². The highest BCUT2D eigenvalue weighted by Crippen LogP contribution is 2.06. The van der Waals surface area contributed by atoms with E-state index in [-0.39, 0.29) is 5.54 Å². The zero-order chi connectivity index (χ0) is 15.0. The first-order chi connectivity index (χ1) is 9.44. The minimum Gasteiger partial charge on any atom is -0.308 e. The molecule has 0 unspecified atom stereocenters. The Morgan fingerprint density at radius 1 is 1.20 bits per heavy atom. The van der Waals surface area contributed by atoms with Gasteiger partial charge in [-0.05, 0) is 32.4 Å². The predicted molar refractivity (Wildman–Crippen MR) is 86.5 cm³/mol.